The molecule has 168 valence electrons. The molecule has 3 aromatic carbocycles. The molecule has 1 amide bonds. The van der Waals surface area contributed by atoms with Crippen molar-refractivity contribution in [3.05, 3.63) is 98.7 Å². The fraction of sp³-hybridized carbons (Fsp3) is 0.136. The number of nitrogens with zero attached hydrogens (tertiary/aromatic N) is 1. The minimum absolute atomic E-state index is 0.0154. The molecule has 0 aliphatic heterocycles. The highest BCUT2D eigenvalue weighted by Crippen LogP contribution is 2.25. The Labute approximate surface area is 200 Å². The molecule has 5 nitrogen and oxygen atoms in total. The number of carbonyl (C=O) groups excluding carboxylic acids is 1. The van der Waals surface area contributed by atoms with Crippen molar-refractivity contribution in [3.63, 3.8) is 0 Å². The fourth-order valence-corrected chi connectivity index (χ4v) is 4.81. The van der Waals surface area contributed by atoms with Crippen molar-refractivity contribution < 1.29 is 17.6 Å². The van der Waals surface area contributed by atoms with Crippen LogP contribution in [0.3, 0.4) is 0 Å². The Morgan fingerprint density at radius 1 is 0.906 bits per heavy atom. The van der Waals surface area contributed by atoms with Crippen LogP contribution in [-0.4, -0.2) is 25.2 Å². The number of halogens is 4. The quantitative estimate of drug-likeness (QED) is 0.443. The van der Waals surface area contributed by atoms with Gasteiger partial charge in [0.05, 0.1) is 11.4 Å². The van der Waals surface area contributed by atoms with Gasteiger partial charge in [-0.25, -0.2) is 12.8 Å². The van der Waals surface area contributed by atoms with Gasteiger partial charge in [0.2, 0.25) is 15.9 Å². The van der Waals surface area contributed by atoms with Crippen molar-refractivity contribution in [2.24, 2.45) is 0 Å². The van der Waals surface area contributed by atoms with Crippen molar-refractivity contribution in [2.45, 2.75) is 18.0 Å². The number of benzene rings is 3. The van der Waals surface area contributed by atoms with Crippen LogP contribution in [0, 0.1) is 5.82 Å². The highest BCUT2D eigenvalue weighted by atomic mass is 35.5. The van der Waals surface area contributed by atoms with Crippen LogP contribution < -0.4 is 5.32 Å². The molecule has 0 aromatic heterocycles. The Kier molecular flexibility index (Phi) is 8.14. The molecule has 0 saturated heterocycles. The van der Waals surface area contributed by atoms with Crippen molar-refractivity contribution in [3.8, 4) is 0 Å². The fourth-order valence-electron chi connectivity index (χ4n) is 2.84. The molecule has 0 radical (unpaired) electrons. The Bertz CT molecular complexity index is 1200. The normalized spacial score (nSPS) is 11.5. The van der Waals surface area contributed by atoms with E-state index in [4.69, 9.17) is 34.8 Å². The summed E-state index contributed by atoms with van der Waals surface area (Å²) in [5.41, 5.74) is 1.16. The average Bonchev–Trinajstić information content (AvgIpc) is 2.75. The first-order valence-corrected chi connectivity index (χ1v) is 11.9. The van der Waals surface area contributed by atoms with Gasteiger partial charge in [0, 0.05) is 28.2 Å². The summed E-state index contributed by atoms with van der Waals surface area (Å²) in [7, 11) is -4.05. The van der Waals surface area contributed by atoms with E-state index in [1.54, 1.807) is 12.1 Å². The maximum atomic E-state index is 13.3. The lowest BCUT2D eigenvalue weighted by molar-refractivity contribution is -0.121. The van der Waals surface area contributed by atoms with Crippen molar-refractivity contribution in [1.29, 1.82) is 0 Å². The highest BCUT2D eigenvalue weighted by molar-refractivity contribution is 7.89. The van der Waals surface area contributed by atoms with Crippen LogP contribution in [0.4, 0.5) is 4.39 Å². The number of carbonyl (C=O) groups is 1. The first-order valence-electron chi connectivity index (χ1n) is 9.36. The maximum absolute atomic E-state index is 13.3. The molecule has 10 heteroatoms. The second-order valence-electron chi connectivity index (χ2n) is 6.87. The molecular formula is C22H18Cl3FN2O3S. The summed E-state index contributed by atoms with van der Waals surface area (Å²) in [6, 6.07) is 16.0. The minimum atomic E-state index is -4.05. The van der Waals surface area contributed by atoms with Crippen LogP contribution in [0.5, 0.6) is 0 Å². The summed E-state index contributed by atoms with van der Waals surface area (Å²) in [5, 5.41) is 3.71. The van der Waals surface area contributed by atoms with Gasteiger partial charge >= 0.3 is 0 Å². The van der Waals surface area contributed by atoms with Gasteiger partial charge in [0.15, 0.2) is 0 Å². The number of sulfonamides is 1. The van der Waals surface area contributed by atoms with E-state index in [0.717, 1.165) is 4.31 Å². The van der Waals surface area contributed by atoms with Crippen molar-refractivity contribution >= 4 is 50.7 Å². The molecule has 3 aromatic rings. The van der Waals surface area contributed by atoms with E-state index in [1.807, 2.05) is 0 Å². The third-order valence-corrected chi connectivity index (χ3v) is 7.18. The van der Waals surface area contributed by atoms with Gasteiger partial charge in [-0.2, -0.15) is 4.31 Å². The van der Waals surface area contributed by atoms with E-state index >= 15 is 0 Å². The second-order valence-corrected chi connectivity index (χ2v) is 10.1. The summed E-state index contributed by atoms with van der Waals surface area (Å²) in [6.45, 7) is -0.480. The third kappa shape index (κ3) is 6.43. The molecule has 1 N–H and O–H groups in total. The summed E-state index contributed by atoms with van der Waals surface area (Å²) in [4.78, 5) is 12.6. The van der Waals surface area contributed by atoms with Crippen LogP contribution in [0.15, 0.2) is 71.6 Å². The Morgan fingerprint density at radius 3 is 2.16 bits per heavy atom. The van der Waals surface area contributed by atoms with Gasteiger partial charge in [-0.1, -0.05) is 53.0 Å². The second kappa shape index (κ2) is 10.6. The van der Waals surface area contributed by atoms with E-state index in [2.05, 4.69) is 5.32 Å². The smallest absolute Gasteiger partial charge is 0.243 e. The van der Waals surface area contributed by atoms with E-state index in [-0.39, 0.29) is 28.8 Å². The first-order chi connectivity index (χ1) is 15.1. The summed E-state index contributed by atoms with van der Waals surface area (Å²) in [6.07, 6.45) is 0. The van der Waals surface area contributed by atoms with Gasteiger partial charge in [-0.05, 0) is 59.7 Å². The van der Waals surface area contributed by atoms with E-state index in [0.29, 0.717) is 21.2 Å². The van der Waals surface area contributed by atoms with Gasteiger partial charge in [0.1, 0.15) is 5.82 Å². The zero-order valence-corrected chi connectivity index (χ0v) is 19.6. The largest absolute Gasteiger partial charge is 0.351 e. The molecular weight excluding hydrogens is 498 g/mol. The number of hydrogen-bond acceptors (Lipinski definition) is 3. The van der Waals surface area contributed by atoms with E-state index in [9.17, 15) is 17.6 Å². The lowest BCUT2D eigenvalue weighted by atomic mass is 10.2. The zero-order chi connectivity index (χ0) is 23.3. The van der Waals surface area contributed by atoms with E-state index < -0.39 is 22.5 Å². The minimum Gasteiger partial charge on any atom is -0.351 e. The third-order valence-electron chi connectivity index (χ3n) is 4.54. The van der Waals surface area contributed by atoms with Crippen LogP contribution in [0.25, 0.3) is 0 Å². The van der Waals surface area contributed by atoms with Gasteiger partial charge in [-0.15, -0.1) is 0 Å². The molecule has 32 heavy (non-hydrogen) atoms. The predicted molar refractivity (Wildman–Crippen MR) is 124 cm³/mol. The molecule has 0 aliphatic carbocycles. The summed E-state index contributed by atoms with van der Waals surface area (Å²) < 4.78 is 40.6. The van der Waals surface area contributed by atoms with Crippen LogP contribution in [0.1, 0.15) is 11.1 Å². The van der Waals surface area contributed by atoms with Gasteiger partial charge in [0.25, 0.3) is 0 Å². The molecule has 0 bridgehead atoms. The lowest BCUT2D eigenvalue weighted by Crippen LogP contribution is -2.40. The van der Waals surface area contributed by atoms with Crippen LogP contribution >= 0.6 is 34.8 Å². The Balaban J connectivity index is 1.82. The molecule has 0 atom stereocenters. The lowest BCUT2D eigenvalue weighted by Gasteiger charge is -2.22. The summed E-state index contributed by atoms with van der Waals surface area (Å²) in [5.74, 6) is -0.919. The SMILES string of the molecule is O=C(CN(Cc1ccc(Cl)cc1Cl)S(=O)(=O)c1ccc(Cl)cc1)NCc1ccc(F)cc1. The van der Waals surface area contributed by atoms with Crippen LogP contribution in [-0.2, 0) is 27.9 Å². The van der Waals surface area contributed by atoms with Crippen molar-refractivity contribution in [2.75, 3.05) is 6.54 Å². The predicted octanol–water partition coefficient (Wildman–Crippen LogP) is 5.29. The molecule has 0 unspecified atom stereocenters. The van der Waals surface area contributed by atoms with Crippen LogP contribution in [0.2, 0.25) is 15.1 Å². The molecule has 3 rings (SSSR count). The van der Waals surface area contributed by atoms with E-state index in [1.165, 1.54) is 54.6 Å². The van der Waals surface area contributed by atoms with Gasteiger partial charge in [-0.3, -0.25) is 4.79 Å². The zero-order valence-electron chi connectivity index (χ0n) is 16.6. The summed E-state index contributed by atoms with van der Waals surface area (Å²) >= 11 is 18.0. The number of hydrogen-bond donors (Lipinski definition) is 1. The topological polar surface area (TPSA) is 66.5 Å². The first kappa shape index (κ1) is 24.5. The standard InChI is InChI=1S/C22H18Cl3FN2O3S/c23-17-5-9-20(10-6-17)32(30,31)28(13-16-3-4-18(24)11-21(16)25)14-22(29)27-12-15-1-7-19(26)8-2-15/h1-11H,12-14H2,(H,27,29). The molecule has 0 aliphatic rings. The highest BCUT2D eigenvalue weighted by Gasteiger charge is 2.27. The molecule has 0 spiro atoms. The maximum Gasteiger partial charge on any atom is 0.243 e. The Hall–Kier alpha value is -2.16. The molecule has 0 saturated carbocycles. The van der Waals surface area contributed by atoms with Gasteiger partial charge < -0.3 is 5.32 Å². The number of nitrogens with one attached hydrogen (secondary N) is 1. The molecule has 0 heterocycles. The average molecular weight is 516 g/mol. The monoisotopic (exact) mass is 514 g/mol. The number of amides is 1. The van der Waals surface area contributed by atoms with Crippen molar-refractivity contribution in [1.82, 2.24) is 9.62 Å². The Morgan fingerprint density at radius 2 is 1.53 bits per heavy atom. The number of rotatable bonds is 8. The molecule has 0 fully saturated rings.